The van der Waals surface area contributed by atoms with Gasteiger partial charge in [-0.3, -0.25) is 9.59 Å². The molecule has 1 saturated heterocycles. The van der Waals surface area contributed by atoms with Gasteiger partial charge in [0.1, 0.15) is 0 Å². The summed E-state index contributed by atoms with van der Waals surface area (Å²) in [5, 5.41) is 6.22. The van der Waals surface area contributed by atoms with Crippen molar-refractivity contribution in [3.8, 4) is 0 Å². The number of nitrogens with zero attached hydrogens (tertiary/aromatic N) is 1. The number of sulfone groups is 1. The minimum absolute atomic E-state index is 0.0983. The van der Waals surface area contributed by atoms with Gasteiger partial charge in [0, 0.05) is 35.1 Å². The standard InChI is InChI=1S/C28H29ClN4O4S/c1-18-13-24(27(34)30-9-12-33-10-2-3-11-33)26(31-18)16-23-22-15-21(7-8-25(22)32-28(23)35)38(36,37)17-19-5-4-6-20(29)14-19/h4-8,13-16,31H,2-3,9-12,17H2,1H3,(H,30,34)(H,32,35)/b23-16-. The number of rotatable bonds is 8. The molecule has 1 aromatic heterocycles. The number of hydrogen-bond donors (Lipinski definition) is 3. The van der Waals surface area contributed by atoms with Gasteiger partial charge in [-0.15, -0.1) is 0 Å². The van der Waals surface area contributed by atoms with Crippen molar-refractivity contribution in [3.63, 3.8) is 0 Å². The number of aromatic nitrogens is 1. The molecule has 38 heavy (non-hydrogen) atoms. The Hall–Kier alpha value is -3.40. The van der Waals surface area contributed by atoms with E-state index >= 15 is 0 Å². The van der Waals surface area contributed by atoms with Gasteiger partial charge in [0.15, 0.2) is 9.84 Å². The molecule has 8 nitrogen and oxygen atoms in total. The molecule has 5 rings (SSSR count). The van der Waals surface area contributed by atoms with Gasteiger partial charge < -0.3 is 20.5 Å². The average molecular weight is 553 g/mol. The van der Waals surface area contributed by atoms with Crippen LogP contribution in [0.25, 0.3) is 11.6 Å². The van der Waals surface area contributed by atoms with E-state index in [0.29, 0.717) is 39.6 Å². The van der Waals surface area contributed by atoms with Crippen LogP contribution in [0, 0.1) is 6.92 Å². The highest BCUT2D eigenvalue weighted by atomic mass is 35.5. The predicted octanol–water partition coefficient (Wildman–Crippen LogP) is 4.27. The summed E-state index contributed by atoms with van der Waals surface area (Å²) in [5.74, 6) is -0.807. The smallest absolute Gasteiger partial charge is 0.256 e. The van der Waals surface area contributed by atoms with E-state index in [2.05, 4.69) is 20.5 Å². The van der Waals surface area contributed by atoms with Crippen LogP contribution in [0.2, 0.25) is 5.02 Å². The first-order valence-electron chi connectivity index (χ1n) is 12.5. The van der Waals surface area contributed by atoms with Crippen LogP contribution in [0.15, 0.2) is 53.4 Å². The summed E-state index contributed by atoms with van der Waals surface area (Å²) in [4.78, 5) is 31.4. The van der Waals surface area contributed by atoms with Crippen molar-refractivity contribution in [1.29, 1.82) is 0 Å². The number of benzene rings is 2. The molecule has 0 bridgehead atoms. The van der Waals surface area contributed by atoms with Crippen LogP contribution in [-0.4, -0.2) is 56.3 Å². The monoisotopic (exact) mass is 552 g/mol. The third-order valence-electron chi connectivity index (χ3n) is 6.81. The van der Waals surface area contributed by atoms with Crippen molar-refractivity contribution in [2.45, 2.75) is 30.4 Å². The van der Waals surface area contributed by atoms with Crippen LogP contribution in [0.5, 0.6) is 0 Å². The second-order valence-electron chi connectivity index (χ2n) is 9.69. The lowest BCUT2D eigenvalue weighted by molar-refractivity contribution is -0.110. The first kappa shape index (κ1) is 26.2. The molecular weight excluding hydrogens is 524 g/mol. The quantitative estimate of drug-likeness (QED) is 0.361. The number of aryl methyl sites for hydroxylation is 1. The number of nitrogens with one attached hydrogen (secondary N) is 3. The minimum atomic E-state index is -3.70. The fraction of sp³-hybridized carbons (Fsp3) is 0.286. The van der Waals surface area contributed by atoms with E-state index in [1.165, 1.54) is 25.0 Å². The lowest BCUT2D eigenvalue weighted by Gasteiger charge is -2.14. The molecule has 0 aliphatic carbocycles. The minimum Gasteiger partial charge on any atom is -0.358 e. The summed E-state index contributed by atoms with van der Waals surface area (Å²) in [7, 11) is -3.70. The molecule has 3 heterocycles. The maximum atomic E-state index is 13.2. The van der Waals surface area contributed by atoms with Crippen molar-refractivity contribution in [2.24, 2.45) is 0 Å². The number of fused-ring (bicyclic) bond motifs is 1. The van der Waals surface area contributed by atoms with E-state index in [9.17, 15) is 18.0 Å². The second kappa shape index (κ2) is 10.8. The summed E-state index contributed by atoms with van der Waals surface area (Å²) in [6, 6.07) is 13.0. The highest BCUT2D eigenvalue weighted by Gasteiger charge is 2.28. The topological polar surface area (TPSA) is 111 Å². The van der Waals surface area contributed by atoms with Gasteiger partial charge in [-0.25, -0.2) is 8.42 Å². The van der Waals surface area contributed by atoms with Crippen LogP contribution in [0.3, 0.4) is 0 Å². The zero-order valence-electron chi connectivity index (χ0n) is 21.0. The molecule has 0 radical (unpaired) electrons. The number of carbonyl (C=O) groups excluding carboxylic acids is 2. The number of amides is 2. The number of H-pyrrole nitrogens is 1. The molecule has 3 N–H and O–H groups in total. The number of halogens is 1. The number of aromatic amines is 1. The molecule has 10 heteroatoms. The summed E-state index contributed by atoms with van der Waals surface area (Å²) < 4.78 is 26.3. The Kier molecular flexibility index (Phi) is 7.43. The van der Waals surface area contributed by atoms with Crippen molar-refractivity contribution < 1.29 is 18.0 Å². The Balaban J connectivity index is 1.40. The van der Waals surface area contributed by atoms with E-state index in [1.807, 2.05) is 6.92 Å². The van der Waals surface area contributed by atoms with E-state index < -0.39 is 9.84 Å². The van der Waals surface area contributed by atoms with Crippen molar-refractivity contribution >= 4 is 50.6 Å². The molecule has 2 aliphatic rings. The fourth-order valence-corrected chi connectivity index (χ4v) is 6.49. The van der Waals surface area contributed by atoms with E-state index in [4.69, 9.17) is 11.6 Å². The maximum Gasteiger partial charge on any atom is 0.256 e. The Labute approximate surface area is 227 Å². The number of likely N-dealkylation sites (tertiary alicyclic amines) is 1. The molecule has 1 fully saturated rings. The predicted molar refractivity (Wildman–Crippen MR) is 149 cm³/mol. The highest BCUT2D eigenvalue weighted by molar-refractivity contribution is 7.90. The molecule has 0 saturated carbocycles. The third kappa shape index (κ3) is 5.70. The van der Waals surface area contributed by atoms with Crippen LogP contribution < -0.4 is 10.6 Å². The van der Waals surface area contributed by atoms with Crippen molar-refractivity contribution in [2.75, 3.05) is 31.5 Å². The largest absolute Gasteiger partial charge is 0.358 e. The first-order valence-corrected chi connectivity index (χ1v) is 14.6. The van der Waals surface area contributed by atoms with Crippen LogP contribution in [0.1, 0.15) is 45.7 Å². The van der Waals surface area contributed by atoms with Gasteiger partial charge in [-0.1, -0.05) is 23.7 Å². The number of hydrogen-bond acceptors (Lipinski definition) is 5. The van der Waals surface area contributed by atoms with Gasteiger partial charge in [-0.05, 0) is 80.9 Å². The van der Waals surface area contributed by atoms with Gasteiger partial charge in [0.25, 0.3) is 11.8 Å². The molecule has 2 aromatic carbocycles. The van der Waals surface area contributed by atoms with E-state index in [0.717, 1.165) is 25.3 Å². The van der Waals surface area contributed by atoms with Gasteiger partial charge >= 0.3 is 0 Å². The van der Waals surface area contributed by atoms with Crippen LogP contribution in [0.4, 0.5) is 5.69 Å². The number of anilines is 1. The SMILES string of the molecule is Cc1cc(C(=O)NCCN2CCCC2)c(/C=C2\C(=O)Nc3ccc(S(=O)(=O)Cc4cccc(Cl)c4)cc32)[nH]1. The Morgan fingerprint density at radius 3 is 2.68 bits per heavy atom. The lowest BCUT2D eigenvalue weighted by atomic mass is 10.0. The summed E-state index contributed by atoms with van der Waals surface area (Å²) in [6.45, 7) is 5.29. The van der Waals surface area contributed by atoms with Crippen molar-refractivity contribution in [3.05, 3.63) is 81.6 Å². The molecule has 0 spiro atoms. The molecule has 2 amide bonds. The molecule has 2 aliphatic heterocycles. The van der Waals surface area contributed by atoms with Gasteiger partial charge in [-0.2, -0.15) is 0 Å². The highest BCUT2D eigenvalue weighted by Crippen LogP contribution is 2.36. The molecule has 0 unspecified atom stereocenters. The summed E-state index contributed by atoms with van der Waals surface area (Å²) in [6.07, 6.45) is 3.99. The van der Waals surface area contributed by atoms with Crippen molar-refractivity contribution in [1.82, 2.24) is 15.2 Å². The first-order chi connectivity index (χ1) is 18.2. The normalized spacial score (nSPS) is 16.6. The molecule has 0 atom stereocenters. The summed E-state index contributed by atoms with van der Waals surface area (Å²) >= 11 is 6.02. The van der Waals surface area contributed by atoms with E-state index in [-0.39, 0.29) is 28.0 Å². The molecule has 3 aromatic rings. The third-order valence-corrected chi connectivity index (χ3v) is 8.73. The van der Waals surface area contributed by atoms with Crippen LogP contribution >= 0.6 is 11.6 Å². The molecule has 198 valence electrons. The lowest BCUT2D eigenvalue weighted by Crippen LogP contribution is -2.33. The maximum absolute atomic E-state index is 13.2. The Bertz CT molecular complexity index is 1540. The zero-order valence-corrected chi connectivity index (χ0v) is 22.6. The Morgan fingerprint density at radius 1 is 1.13 bits per heavy atom. The number of carbonyl (C=O) groups is 2. The second-order valence-corrected chi connectivity index (χ2v) is 12.1. The van der Waals surface area contributed by atoms with Gasteiger partial charge in [0.2, 0.25) is 0 Å². The zero-order chi connectivity index (χ0) is 26.9. The Morgan fingerprint density at radius 2 is 1.92 bits per heavy atom. The molecular formula is C28H29ClN4O4S. The van der Waals surface area contributed by atoms with Crippen LogP contribution in [-0.2, 0) is 20.4 Å². The average Bonchev–Trinajstić information content (AvgIpc) is 3.58. The van der Waals surface area contributed by atoms with Gasteiger partial charge in [0.05, 0.1) is 27.5 Å². The van der Waals surface area contributed by atoms with E-state index in [1.54, 1.807) is 42.5 Å². The summed E-state index contributed by atoms with van der Waals surface area (Å²) in [5.41, 5.74) is 3.54. The fourth-order valence-electron chi connectivity index (χ4n) is 4.92.